The Morgan fingerprint density at radius 1 is 0.849 bits per heavy atom. The van der Waals surface area contributed by atoms with Crippen LogP contribution in [0, 0.1) is 11.4 Å². The van der Waals surface area contributed by atoms with Gasteiger partial charge in [0.1, 0.15) is 0 Å². The van der Waals surface area contributed by atoms with Gasteiger partial charge in [-0.25, -0.2) is 15.1 Å². The summed E-state index contributed by atoms with van der Waals surface area (Å²) < 4.78 is 12.7. The lowest BCUT2D eigenvalue weighted by Gasteiger charge is -2.12. The number of nitrogens with zero attached hydrogens (tertiary/aromatic N) is 4. The van der Waals surface area contributed by atoms with E-state index >= 15 is 0 Å². The molecule has 284 valence electrons. The lowest BCUT2D eigenvalue weighted by Crippen LogP contribution is -2.24. The monoisotopic (exact) mass is 737 g/mol. The number of hydrogen-bond donors (Lipinski definition) is 7. The third kappa shape index (κ3) is 12.4. The number of aryl methyl sites for hydroxylation is 1. The van der Waals surface area contributed by atoms with E-state index in [-0.39, 0.29) is 55.6 Å². The van der Waals surface area contributed by atoms with Gasteiger partial charge in [-0.3, -0.25) is 35.7 Å². The topological polar surface area (TPSA) is 274 Å². The van der Waals surface area contributed by atoms with E-state index in [1.807, 2.05) is 0 Å². The second-order valence-electron chi connectivity index (χ2n) is 11.2. The van der Waals surface area contributed by atoms with Crippen LogP contribution in [0.1, 0.15) is 47.4 Å². The minimum atomic E-state index is -1.05. The second kappa shape index (κ2) is 22.2. The first-order chi connectivity index (χ1) is 25.7. The van der Waals surface area contributed by atoms with Crippen LogP contribution in [0.25, 0.3) is 21.8 Å². The zero-order chi connectivity index (χ0) is 38.6. The molecule has 53 heavy (non-hydrogen) atoms. The standard InChI is InChI=1S/C34H43N9O10/c1-3-22(2)8-13-43-29-6-4-23(31(46)27(20-50-16-14-44)41-52-33(48)37-9-11-39-35)18-25(29)26-19-24(5-7-30(26)43)32(47)28(21-51-17-15-45)42-53-34(49)38-10-12-40-36/h4-7,9-12,18-19,22,35,40,44-45H,3,8,13-17,20-21,36H2,1-2H3,(H,37,48)(H,38,49)/b11-9-,12-10-,39-35?,41-27+,42-28+. The number of hydrogen-bond acceptors (Lipinski definition) is 16. The number of oxime groups is 2. The van der Waals surface area contributed by atoms with Gasteiger partial charge in [0.2, 0.25) is 11.6 Å². The third-order valence-electron chi connectivity index (χ3n) is 7.61. The molecule has 0 saturated heterocycles. The SMILES string of the molecule is CCC(C)CCn1c2ccc(C(=O)/C(COCCO)=N/OC(=O)N/C=C\N=N)cc2c2cc(C(=O)/C(COCCO)=N/OC(=O)N/C=C\NN)ccc21. The van der Waals surface area contributed by atoms with Gasteiger partial charge in [-0.05, 0) is 48.7 Å². The van der Waals surface area contributed by atoms with Crippen molar-refractivity contribution in [3.8, 4) is 0 Å². The molecule has 0 saturated carbocycles. The Kier molecular flexibility index (Phi) is 17.4. The first kappa shape index (κ1) is 41.6. The summed E-state index contributed by atoms with van der Waals surface area (Å²) in [6.45, 7) is 3.28. The van der Waals surface area contributed by atoms with Crippen molar-refractivity contribution in [3.63, 3.8) is 0 Å². The Balaban J connectivity index is 2.10. The fraction of sp³-hybridized carbons (Fsp3) is 0.353. The van der Waals surface area contributed by atoms with Crippen LogP contribution < -0.4 is 21.9 Å². The zero-order valence-corrected chi connectivity index (χ0v) is 29.2. The highest BCUT2D eigenvalue weighted by Gasteiger charge is 2.22. The lowest BCUT2D eigenvalue weighted by molar-refractivity contribution is 0.0979. The number of ketones is 2. The minimum absolute atomic E-state index is 0.103. The predicted octanol–water partition coefficient (Wildman–Crippen LogP) is 3.21. The van der Waals surface area contributed by atoms with Crippen LogP contribution >= 0.6 is 0 Å². The summed E-state index contributed by atoms with van der Waals surface area (Å²) in [5.41, 5.74) is 10.3. The van der Waals surface area contributed by atoms with Crippen molar-refractivity contribution in [1.82, 2.24) is 20.6 Å². The first-order valence-corrected chi connectivity index (χ1v) is 16.4. The molecule has 0 radical (unpaired) electrons. The smallest absolute Gasteiger partial charge is 0.394 e. The van der Waals surface area contributed by atoms with Crippen molar-refractivity contribution in [1.29, 1.82) is 5.53 Å². The van der Waals surface area contributed by atoms with Crippen molar-refractivity contribution in [2.24, 2.45) is 27.2 Å². The van der Waals surface area contributed by atoms with Crippen molar-refractivity contribution < 1.29 is 48.5 Å². The van der Waals surface area contributed by atoms with Crippen LogP contribution in [0.5, 0.6) is 0 Å². The van der Waals surface area contributed by atoms with E-state index < -0.39 is 30.4 Å². The number of carbonyl (C=O) groups is 4. The number of Topliss-reactive ketones (excluding diaryl/α,β-unsaturated/α-hetero) is 2. The van der Waals surface area contributed by atoms with E-state index in [1.54, 1.807) is 36.4 Å². The largest absolute Gasteiger partial charge is 0.437 e. The first-order valence-electron chi connectivity index (χ1n) is 16.4. The van der Waals surface area contributed by atoms with E-state index in [0.717, 1.165) is 42.5 Å². The molecule has 0 bridgehead atoms. The molecule has 1 atom stereocenters. The fourth-order valence-electron chi connectivity index (χ4n) is 4.79. The number of nitrogens with two attached hydrogens (primary N) is 1. The van der Waals surface area contributed by atoms with Crippen molar-refractivity contribution in [2.45, 2.75) is 33.2 Å². The molecule has 0 aliphatic carbocycles. The number of hydrazine groups is 1. The van der Waals surface area contributed by atoms with Gasteiger partial charge in [-0.2, -0.15) is 5.11 Å². The van der Waals surface area contributed by atoms with Gasteiger partial charge in [0.25, 0.3) is 0 Å². The molecule has 2 amide bonds. The van der Waals surface area contributed by atoms with E-state index in [1.165, 1.54) is 6.20 Å². The van der Waals surface area contributed by atoms with Crippen LogP contribution in [0.3, 0.4) is 0 Å². The van der Waals surface area contributed by atoms with Crippen molar-refractivity contribution in [2.75, 3.05) is 39.6 Å². The molecule has 19 heteroatoms. The Labute approximate surface area is 303 Å². The molecule has 0 spiro atoms. The van der Waals surface area contributed by atoms with Crippen LogP contribution in [-0.2, 0) is 25.7 Å². The molecule has 2 aromatic carbocycles. The van der Waals surface area contributed by atoms with E-state index in [9.17, 15) is 29.4 Å². The third-order valence-corrected chi connectivity index (χ3v) is 7.61. The number of fused-ring (bicyclic) bond motifs is 3. The summed E-state index contributed by atoms with van der Waals surface area (Å²) in [5.74, 6) is 4.28. The second-order valence-corrected chi connectivity index (χ2v) is 11.2. The quantitative estimate of drug-likeness (QED) is 0.0149. The predicted molar refractivity (Wildman–Crippen MR) is 193 cm³/mol. The summed E-state index contributed by atoms with van der Waals surface area (Å²) in [6.07, 6.45) is 4.19. The number of ether oxygens (including phenoxy) is 2. The highest BCUT2D eigenvalue weighted by Crippen LogP contribution is 2.32. The van der Waals surface area contributed by atoms with E-state index in [4.69, 9.17) is 30.5 Å². The van der Waals surface area contributed by atoms with Gasteiger partial charge in [0, 0.05) is 58.1 Å². The maximum absolute atomic E-state index is 13.8. The summed E-state index contributed by atoms with van der Waals surface area (Å²) in [7, 11) is 0. The Hall–Kier alpha value is -5.86. The maximum atomic E-state index is 13.8. The number of carbonyl (C=O) groups excluding carboxylic acids is 4. The molecule has 8 N–H and O–H groups in total. The van der Waals surface area contributed by atoms with Crippen LogP contribution in [0.2, 0.25) is 0 Å². The summed E-state index contributed by atoms with van der Waals surface area (Å²) in [6, 6.07) is 10.0. The van der Waals surface area contributed by atoms with Gasteiger partial charge < -0.3 is 29.7 Å². The lowest BCUT2D eigenvalue weighted by atomic mass is 10.0. The van der Waals surface area contributed by atoms with Crippen LogP contribution in [0.4, 0.5) is 9.59 Å². The van der Waals surface area contributed by atoms with Crippen LogP contribution in [0.15, 0.2) is 76.6 Å². The zero-order valence-electron chi connectivity index (χ0n) is 29.2. The van der Waals surface area contributed by atoms with Gasteiger partial charge in [0.15, 0.2) is 11.4 Å². The summed E-state index contributed by atoms with van der Waals surface area (Å²) in [5, 5.41) is 34.3. The molecule has 19 nitrogen and oxygen atoms in total. The van der Waals surface area contributed by atoms with Crippen molar-refractivity contribution in [3.05, 3.63) is 72.3 Å². The molecule has 0 aliphatic rings. The van der Waals surface area contributed by atoms with Gasteiger partial charge >= 0.3 is 12.2 Å². The molecule has 1 unspecified atom stereocenters. The molecule has 0 aliphatic heterocycles. The van der Waals surface area contributed by atoms with Gasteiger partial charge in [0.05, 0.1) is 45.8 Å². The Morgan fingerprint density at radius 3 is 1.81 bits per heavy atom. The summed E-state index contributed by atoms with van der Waals surface area (Å²) >= 11 is 0. The number of rotatable bonds is 22. The molecule has 1 heterocycles. The van der Waals surface area contributed by atoms with Gasteiger partial charge in [-0.15, -0.1) is 0 Å². The van der Waals surface area contributed by atoms with Crippen molar-refractivity contribution >= 4 is 57.0 Å². The van der Waals surface area contributed by atoms with E-state index in [2.05, 4.69) is 49.9 Å². The normalized spacial score (nSPS) is 12.7. The molecular weight excluding hydrogens is 694 g/mol. The molecule has 1 aromatic heterocycles. The number of aliphatic hydroxyl groups excluding tert-OH is 2. The Bertz CT molecular complexity index is 1870. The number of aromatic nitrogens is 1. The average Bonchev–Trinajstić information content (AvgIpc) is 3.48. The van der Waals surface area contributed by atoms with Gasteiger partial charge in [-0.1, -0.05) is 30.6 Å². The fourth-order valence-corrected chi connectivity index (χ4v) is 4.79. The minimum Gasteiger partial charge on any atom is -0.394 e. The molecule has 3 rings (SSSR count). The molecule has 0 fully saturated rings. The molecular formula is C34H43N9O10. The average molecular weight is 738 g/mol. The highest BCUT2D eigenvalue weighted by atomic mass is 16.7. The summed E-state index contributed by atoms with van der Waals surface area (Å²) in [4.78, 5) is 61.2. The number of nitrogens with one attached hydrogen (secondary N) is 4. The maximum Gasteiger partial charge on any atom is 0.437 e. The number of aliphatic hydroxyl groups is 2. The number of benzene rings is 2. The Morgan fingerprint density at radius 2 is 1.36 bits per heavy atom. The highest BCUT2D eigenvalue weighted by molar-refractivity contribution is 6.47. The van der Waals surface area contributed by atoms with Crippen LogP contribution in [-0.4, -0.2) is 89.6 Å². The molecule has 3 aromatic rings. The van der Waals surface area contributed by atoms with E-state index in [0.29, 0.717) is 23.2 Å². The number of amides is 2.